The summed E-state index contributed by atoms with van der Waals surface area (Å²) in [4.78, 5) is 32.1. The Morgan fingerprint density at radius 3 is 2.15 bits per heavy atom. The molecule has 6 heteroatoms. The Morgan fingerprint density at radius 2 is 1.56 bits per heavy atom. The molecule has 2 aliphatic heterocycles. The number of rotatable bonds is 4. The number of amides is 2. The minimum absolute atomic E-state index is 0.0665. The summed E-state index contributed by atoms with van der Waals surface area (Å²) < 4.78 is 0. The maximum atomic E-state index is 13.0. The van der Waals surface area contributed by atoms with Crippen LogP contribution in [0.1, 0.15) is 45.4 Å². The molecule has 2 saturated carbocycles. The largest absolute Gasteiger partial charge is 0.342 e. The number of likely N-dealkylation sites (tertiary alicyclic amines) is 1. The van der Waals surface area contributed by atoms with Crippen LogP contribution < -0.4 is 5.73 Å². The third-order valence-electron chi connectivity index (χ3n) is 7.83. The van der Waals surface area contributed by atoms with Crippen LogP contribution in [0.4, 0.5) is 0 Å². The Hall–Kier alpha value is -1.14. The average Bonchev–Trinajstić information content (AvgIpc) is 3.29. The van der Waals surface area contributed by atoms with Gasteiger partial charge in [-0.2, -0.15) is 0 Å². The van der Waals surface area contributed by atoms with E-state index < -0.39 is 0 Å². The number of likely N-dealkylation sites (N-methyl/N-ethyl adjacent to an activating group) is 1. The molecule has 0 aromatic carbocycles. The van der Waals surface area contributed by atoms with Crippen molar-refractivity contribution in [2.45, 2.75) is 51.5 Å². The molecule has 0 spiro atoms. The van der Waals surface area contributed by atoms with E-state index in [1.807, 2.05) is 9.80 Å². The lowest BCUT2D eigenvalue weighted by atomic mass is 9.83. The van der Waals surface area contributed by atoms with Crippen LogP contribution in [0.2, 0.25) is 0 Å². The van der Waals surface area contributed by atoms with Crippen molar-refractivity contribution in [1.82, 2.24) is 14.7 Å². The first kappa shape index (κ1) is 19.2. The van der Waals surface area contributed by atoms with Gasteiger partial charge in [0.25, 0.3) is 0 Å². The van der Waals surface area contributed by atoms with Crippen molar-refractivity contribution >= 4 is 11.8 Å². The minimum Gasteiger partial charge on any atom is -0.342 e. The predicted molar refractivity (Wildman–Crippen MR) is 105 cm³/mol. The van der Waals surface area contributed by atoms with Gasteiger partial charge in [-0.15, -0.1) is 0 Å². The molecule has 2 amide bonds. The summed E-state index contributed by atoms with van der Waals surface area (Å²) in [6, 6.07) is 0.0809. The third kappa shape index (κ3) is 3.88. The summed E-state index contributed by atoms with van der Waals surface area (Å²) in [5.74, 6) is 2.21. The van der Waals surface area contributed by atoms with Crippen LogP contribution in [0.5, 0.6) is 0 Å². The van der Waals surface area contributed by atoms with E-state index in [2.05, 4.69) is 11.8 Å². The highest BCUT2D eigenvalue weighted by Crippen LogP contribution is 2.48. The van der Waals surface area contributed by atoms with Gasteiger partial charge >= 0.3 is 0 Å². The predicted octanol–water partition coefficient (Wildman–Crippen LogP) is 1.15. The molecule has 2 heterocycles. The smallest absolute Gasteiger partial charge is 0.227 e. The third-order valence-corrected chi connectivity index (χ3v) is 7.83. The molecule has 2 aliphatic carbocycles. The Balaban J connectivity index is 1.22. The number of nitrogens with two attached hydrogens (primary N) is 1. The molecule has 2 bridgehead atoms. The second kappa shape index (κ2) is 8.08. The van der Waals surface area contributed by atoms with E-state index in [1.165, 1.54) is 12.8 Å². The van der Waals surface area contributed by atoms with Gasteiger partial charge in [0.15, 0.2) is 0 Å². The quantitative estimate of drug-likeness (QED) is 0.799. The molecule has 4 unspecified atom stereocenters. The molecule has 2 N–H and O–H groups in total. The van der Waals surface area contributed by atoms with Crippen molar-refractivity contribution in [2.75, 3.05) is 45.8 Å². The fourth-order valence-corrected chi connectivity index (χ4v) is 5.96. The zero-order chi connectivity index (χ0) is 19.0. The highest BCUT2D eigenvalue weighted by atomic mass is 16.2. The van der Waals surface area contributed by atoms with Crippen LogP contribution in [-0.2, 0) is 9.59 Å². The molecular weight excluding hydrogens is 340 g/mol. The van der Waals surface area contributed by atoms with Crippen molar-refractivity contribution < 1.29 is 9.59 Å². The normalized spacial score (nSPS) is 35.0. The van der Waals surface area contributed by atoms with E-state index >= 15 is 0 Å². The molecule has 4 rings (SSSR count). The van der Waals surface area contributed by atoms with Crippen LogP contribution in [-0.4, -0.2) is 78.4 Å². The van der Waals surface area contributed by atoms with E-state index in [-0.39, 0.29) is 12.0 Å². The molecule has 0 aromatic rings. The van der Waals surface area contributed by atoms with Crippen molar-refractivity contribution in [2.24, 2.45) is 29.4 Å². The lowest BCUT2D eigenvalue weighted by molar-refractivity contribution is -0.139. The molecular formula is C21H36N4O2. The molecule has 4 atom stereocenters. The van der Waals surface area contributed by atoms with Gasteiger partial charge < -0.3 is 20.4 Å². The second-order valence-electron chi connectivity index (χ2n) is 9.22. The molecule has 27 heavy (non-hydrogen) atoms. The van der Waals surface area contributed by atoms with Crippen LogP contribution in [0.25, 0.3) is 0 Å². The van der Waals surface area contributed by atoms with E-state index in [1.54, 1.807) is 0 Å². The molecule has 6 nitrogen and oxygen atoms in total. The number of nitrogens with zero attached hydrogens (tertiary/aromatic N) is 3. The van der Waals surface area contributed by atoms with E-state index in [0.717, 1.165) is 65.1 Å². The van der Waals surface area contributed by atoms with E-state index in [4.69, 9.17) is 5.73 Å². The van der Waals surface area contributed by atoms with Crippen molar-refractivity contribution in [3.8, 4) is 0 Å². The second-order valence-corrected chi connectivity index (χ2v) is 9.22. The van der Waals surface area contributed by atoms with Gasteiger partial charge in [0.1, 0.15) is 0 Å². The summed E-state index contributed by atoms with van der Waals surface area (Å²) in [6.07, 6.45) is 6.14. The average molecular weight is 377 g/mol. The summed E-state index contributed by atoms with van der Waals surface area (Å²) >= 11 is 0. The highest BCUT2D eigenvalue weighted by Gasteiger charge is 2.50. The van der Waals surface area contributed by atoms with Crippen LogP contribution in [0.3, 0.4) is 0 Å². The van der Waals surface area contributed by atoms with E-state index in [0.29, 0.717) is 36.0 Å². The maximum absolute atomic E-state index is 13.0. The Bertz CT molecular complexity index is 550. The first-order valence-electron chi connectivity index (χ1n) is 11.1. The monoisotopic (exact) mass is 376 g/mol. The van der Waals surface area contributed by atoms with Crippen LogP contribution >= 0.6 is 0 Å². The van der Waals surface area contributed by atoms with Gasteiger partial charge in [-0.05, 0) is 56.4 Å². The van der Waals surface area contributed by atoms with Gasteiger partial charge in [0.05, 0.1) is 5.92 Å². The summed E-state index contributed by atoms with van der Waals surface area (Å²) in [7, 11) is 0. The number of carbonyl (C=O) groups is 2. The first-order valence-corrected chi connectivity index (χ1v) is 11.1. The zero-order valence-corrected chi connectivity index (χ0v) is 16.8. The Morgan fingerprint density at radius 1 is 0.889 bits per heavy atom. The first-order chi connectivity index (χ1) is 13.1. The number of hydrogen-bond acceptors (Lipinski definition) is 4. The van der Waals surface area contributed by atoms with E-state index in [9.17, 15) is 9.59 Å². The topological polar surface area (TPSA) is 69.9 Å². The SMILES string of the molecule is CCN1CCN(C(=O)CC2CCN(C(=O)C3C4CCC(C4)C3N)CC2)CC1. The van der Waals surface area contributed by atoms with Gasteiger partial charge in [-0.1, -0.05) is 6.92 Å². The number of piperidine rings is 1. The molecule has 4 aliphatic rings. The minimum atomic E-state index is 0.0665. The zero-order valence-electron chi connectivity index (χ0n) is 16.8. The van der Waals surface area contributed by atoms with Crippen molar-refractivity contribution in [3.63, 3.8) is 0 Å². The fraction of sp³-hybridized carbons (Fsp3) is 0.905. The fourth-order valence-electron chi connectivity index (χ4n) is 5.96. The summed E-state index contributed by atoms with van der Waals surface area (Å²) in [5, 5.41) is 0. The van der Waals surface area contributed by atoms with Crippen LogP contribution in [0, 0.1) is 23.7 Å². The standard InChI is InChI=1S/C21H36N4O2/c1-2-23-9-11-24(12-10-23)18(26)13-15-5-7-25(8-6-15)21(27)19-16-3-4-17(14-16)20(19)22/h15-17,19-20H,2-14,22H2,1H3. The number of hydrogen-bond donors (Lipinski definition) is 1. The molecule has 0 aromatic heterocycles. The molecule has 0 radical (unpaired) electrons. The van der Waals surface area contributed by atoms with Crippen LogP contribution in [0.15, 0.2) is 0 Å². The lowest BCUT2D eigenvalue weighted by Gasteiger charge is -2.38. The maximum Gasteiger partial charge on any atom is 0.227 e. The summed E-state index contributed by atoms with van der Waals surface area (Å²) in [5.41, 5.74) is 6.37. The lowest BCUT2D eigenvalue weighted by Crippen LogP contribution is -2.50. The Kier molecular flexibility index (Phi) is 5.74. The molecule has 2 saturated heterocycles. The number of fused-ring (bicyclic) bond motifs is 2. The Labute approximate surface area is 163 Å². The number of carbonyl (C=O) groups excluding carboxylic acids is 2. The summed E-state index contributed by atoms with van der Waals surface area (Å²) in [6.45, 7) is 8.59. The van der Waals surface area contributed by atoms with Crippen molar-refractivity contribution in [1.29, 1.82) is 0 Å². The molecule has 4 fully saturated rings. The highest BCUT2D eigenvalue weighted by molar-refractivity contribution is 5.81. The van der Waals surface area contributed by atoms with Gasteiger partial charge in [0.2, 0.25) is 11.8 Å². The number of piperazine rings is 1. The molecule has 152 valence electrons. The van der Waals surface area contributed by atoms with Gasteiger partial charge in [0, 0.05) is 51.7 Å². The van der Waals surface area contributed by atoms with Gasteiger partial charge in [-0.25, -0.2) is 0 Å². The van der Waals surface area contributed by atoms with Gasteiger partial charge in [-0.3, -0.25) is 9.59 Å². The van der Waals surface area contributed by atoms with Crippen molar-refractivity contribution in [3.05, 3.63) is 0 Å².